The molecule has 3 N–H and O–H groups in total. The molecule has 0 saturated carbocycles. The number of carbonyl (C=O) groups is 1. The van der Waals surface area contributed by atoms with Gasteiger partial charge in [-0.05, 0) is 18.9 Å². The van der Waals surface area contributed by atoms with Crippen LogP contribution in [-0.2, 0) is 14.8 Å². The van der Waals surface area contributed by atoms with E-state index in [1.807, 2.05) is 0 Å². The first kappa shape index (κ1) is 19.2. The minimum absolute atomic E-state index is 0.0377. The van der Waals surface area contributed by atoms with Gasteiger partial charge in [-0.1, -0.05) is 30.8 Å². The van der Waals surface area contributed by atoms with Gasteiger partial charge < -0.3 is 11.1 Å². The van der Waals surface area contributed by atoms with Crippen LogP contribution < -0.4 is 11.1 Å². The average molecular weight is 386 g/mol. The lowest BCUT2D eigenvalue weighted by atomic mass is 10.0. The van der Waals surface area contributed by atoms with Gasteiger partial charge >= 0.3 is 0 Å². The molecule has 0 unspecified atom stereocenters. The third kappa shape index (κ3) is 4.30. The molecular weight excluding hydrogens is 368 g/mol. The van der Waals surface area contributed by atoms with Crippen molar-refractivity contribution in [2.45, 2.75) is 30.2 Å². The molecule has 1 amide bonds. The summed E-state index contributed by atoms with van der Waals surface area (Å²) in [6.45, 7) is 0.0730. The Morgan fingerprint density at radius 2 is 2.08 bits per heavy atom. The quantitative estimate of drug-likeness (QED) is 0.414. The van der Waals surface area contributed by atoms with Crippen LogP contribution in [0.15, 0.2) is 29.2 Å². The molecule has 1 saturated heterocycles. The van der Waals surface area contributed by atoms with Gasteiger partial charge in [0.2, 0.25) is 5.91 Å². The number of rotatable bonds is 6. The number of nitro benzene ring substituents is 1. The average Bonchev–Trinajstić information content (AvgIpc) is 2.59. The van der Waals surface area contributed by atoms with E-state index in [0.29, 0.717) is 19.3 Å². The number of hydrogen-bond donors (Lipinski definition) is 2. The van der Waals surface area contributed by atoms with E-state index < -0.39 is 37.5 Å². The molecule has 0 radical (unpaired) electrons. The topological polar surface area (TPSA) is 136 Å². The number of nitrogens with zero attached hydrogens (tertiary/aromatic N) is 2. The molecular formula is C14H18N4O5S2. The van der Waals surface area contributed by atoms with Crippen LogP contribution in [0.2, 0.25) is 0 Å². The summed E-state index contributed by atoms with van der Waals surface area (Å²) >= 11 is 4.70. The van der Waals surface area contributed by atoms with Gasteiger partial charge in [-0.25, -0.2) is 8.42 Å². The monoisotopic (exact) mass is 386 g/mol. The molecule has 0 aromatic heterocycles. The van der Waals surface area contributed by atoms with E-state index in [4.69, 9.17) is 18.0 Å². The Kier molecular flexibility index (Phi) is 6.03. The molecule has 2 rings (SSSR count). The van der Waals surface area contributed by atoms with Crippen molar-refractivity contribution in [3.63, 3.8) is 0 Å². The number of carbonyl (C=O) groups excluding carboxylic acids is 1. The van der Waals surface area contributed by atoms with Gasteiger partial charge in [-0.3, -0.25) is 14.9 Å². The first-order valence-electron chi connectivity index (χ1n) is 7.56. The van der Waals surface area contributed by atoms with Crippen LogP contribution in [0.3, 0.4) is 0 Å². The zero-order chi connectivity index (χ0) is 18.6. The van der Waals surface area contributed by atoms with Gasteiger partial charge in [0.05, 0.1) is 16.5 Å². The van der Waals surface area contributed by atoms with Gasteiger partial charge in [-0.15, -0.1) is 0 Å². The second-order valence-corrected chi connectivity index (χ2v) is 7.92. The van der Waals surface area contributed by atoms with Crippen LogP contribution in [0, 0.1) is 10.1 Å². The second kappa shape index (κ2) is 7.85. The molecule has 1 atom stereocenters. The van der Waals surface area contributed by atoms with Crippen molar-refractivity contribution in [2.75, 3.05) is 13.1 Å². The molecule has 11 heteroatoms. The van der Waals surface area contributed by atoms with Crippen molar-refractivity contribution < 1.29 is 18.1 Å². The van der Waals surface area contributed by atoms with Crippen LogP contribution in [-0.4, -0.2) is 47.7 Å². The molecule has 9 nitrogen and oxygen atoms in total. The van der Waals surface area contributed by atoms with Crippen molar-refractivity contribution in [2.24, 2.45) is 5.73 Å². The molecule has 1 aliphatic rings. The highest BCUT2D eigenvalue weighted by Crippen LogP contribution is 2.30. The van der Waals surface area contributed by atoms with E-state index in [0.717, 1.165) is 10.4 Å². The predicted molar refractivity (Wildman–Crippen MR) is 94.4 cm³/mol. The SMILES string of the molecule is NC(=S)CNC(=O)[C@H]1CCCCN1S(=O)(=O)c1ccccc1[N+](=O)[O-]. The maximum absolute atomic E-state index is 13.0. The number of hydrogen-bond acceptors (Lipinski definition) is 6. The summed E-state index contributed by atoms with van der Waals surface area (Å²) in [5, 5.41) is 13.7. The van der Waals surface area contributed by atoms with Crippen molar-refractivity contribution in [1.82, 2.24) is 9.62 Å². The van der Waals surface area contributed by atoms with E-state index in [1.54, 1.807) is 0 Å². The summed E-state index contributed by atoms with van der Waals surface area (Å²) in [7, 11) is -4.20. The van der Waals surface area contributed by atoms with Gasteiger partial charge in [0.1, 0.15) is 6.04 Å². The molecule has 25 heavy (non-hydrogen) atoms. The van der Waals surface area contributed by atoms with E-state index in [9.17, 15) is 23.3 Å². The summed E-state index contributed by atoms with van der Waals surface area (Å²) in [6, 6.07) is 4.14. The Bertz CT molecular complexity index is 796. The summed E-state index contributed by atoms with van der Waals surface area (Å²) in [6.07, 6.45) is 1.57. The lowest BCUT2D eigenvalue weighted by molar-refractivity contribution is -0.387. The minimum Gasteiger partial charge on any atom is -0.392 e. The van der Waals surface area contributed by atoms with Crippen molar-refractivity contribution in [3.05, 3.63) is 34.4 Å². The van der Waals surface area contributed by atoms with Crippen molar-refractivity contribution in [1.29, 1.82) is 0 Å². The zero-order valence-corrected chi connectivity index (χ0v) is 14.9. The van der Waals surface area contributed by atoms with Crippen LogP contribution in [0.4, 0.5) is 5.69 Å². The number of piperidine rings is 1. The largest absolute Gasteiger partial charge is 0.392 e. The smallest absolute Gasteiger partial charge is 0.289 e. The lowest BCUT2D eigenvalue weighted by Crippen LogP contribution is -2.52. The summed E-state index contributed by atoms with van der Waals surface area (Å²) in [5.41, 5.74) is 4.83. The number of nitro groups is 1. The molecule has 1 fully saturated rings. The number of thiocarbonyl (C=S) groups is 1. The first-order chi connectivity index (χ1) is 11.7. The molecule has 0 aliphatic carbocycles. The van der Waals surface area contributed by atoms with Crippen LogP contribution >= 0.6 is 12.2 Å². The van der Waals surface area contributed by atoms with Crippen molar-refractivity contribution in [3.8, 4) is 0 Å². The number of nitrogens with one attached hydrogen (secondary N) is 1. The van der Waals surface area contributed by atoms with Gasteiger partial charge in [0.15, 0.2) is 4.90 Å². The fourth-order valence-electron chi connectivity index (χ4n) is 2.70. The van der Waals surface area contributed by atoms with Crippen molar-refractivity contribution >= 4 is 38.8 Å². The van der Waals surface area contributed by atoms with E-state index in [1.165, 1.54) is 18.2 Å². The zero-order valence-electron chi connectivity index (χ0n) is 13.3. The number of nitrogens with two attached hydrogens (primary N) is 1. The van der Waals surface area contributed by atoms with E-state index in [2.05, 4.69) is 5.32 Å². The highest BCUT2D eigenvalue weighted by Gasteiger charge is 2.40. The molecule has 136 valence electrons. The molecule has 0 bridgehead atoms. The Morgan fingerprint density at radius 3 is 2.72 bits per heavy atom. The first-order valence-corrected chi connectivity index (χ1v) is 9.41. The number of sulfonamides is 1. The Hall–Kier alpha value is -2.11. The number of benzene rings is 1. The fourth-order valence-corrected chi connectivity index (χ4v) is 4.59. The molecule has 1 aromatic rings. The maximum Gasteiger partial charge on any atom is 0.289 e. The molecule has 1 heterocycles. The van der Waals surface area contributed by atoms with E-state index in [-0.39, 0.29) is 18.1 Å². The van der Waals surface area contributed by atoms with E-state index >= 15 is 0 Å². The summed E-state index contributed by atoms with van der Waals surface area (Å²) < 4.78 is 26.9. The van der Waals surface area contributed by atoms with Crippen LogP contribution in [0.1, 0.15) is 19.3 Å². The van der Waals surface area contributed by atoms with Gasteiger partial charge in [0.25, 0.3) is 15.7 Å². The third-order valence-corrected chi connectivity index (χ3v) is 5.94. The maximum atomic E-state index is 13.0. The molecule has 0 spiro atoms. The number of amides is 1. The third-order valence-electron chi connectivity index (χ3n) is 3.84. The van der Waals surface area contributed by atoms with Gasteiger partial charge in [0, 0.05) is 12.6 Å². The molecule has 1 aromatic carbocycles. The van der Waals surface area contributed by atoms with Crippen LogP contribution in [0.25, 0.3) is 0 Å². The highest BCUT2D eigenvalue weighted by atomic mass is 32.2. The predicted octanol–water partition coefficient (Wildman–Crippen LogP) is 0.540. The normalized spacial score (nSPS) is 18.5. The highest BCUT2D eigenvalue weighted by molar-refractivity contribution is 7.89. The fraction of sp³-hybridized carbons (Fsp3) is 0.429. The lowest BCUT2D eigenvalue weighted by Gasteiger charge is -2.33. The summed E-state index contributed by atoms with van der Waals surface area (Å²) in [5.74, 6) is -0.519. The van der Waals surface area contributed by atoms with Crippen LogP contribution in [0.5, 0.6) is 0 Å². The summed E-state index contributed by atoms with van der Waals surface area (Å²) in [4.78, 5) is 22.4. The second-order valence-electron chi connectivity index (χ2n) is 5.54. The number of para-hydroxylation sites is 1. The molecule has 1 aliphatic heterocycles. The standard InChI is InChI=1S/C14H18N4O5S2/c15-13(24)9-16-14(19)11-6-3-4-8-17(11)25(22,23)12-7-2-1-5-10(12)18(20)21/h1-2,5,7,11H,3-4,6,8-9H2,(H2,15,24)(H,16,19)/t11-/m1/s1. The minimum atomic E-state index is -4.20. The van der Waals surface area contributed by atoms with Gasteiger partial charge in [-0.2, -0.15) is 4.31 Å². The Balaban J connectivity index is 2.37. The Labute approximate surface area is 150 Å². The Morgan fingerprint density at radius 1 is 1.40 bits per heavy atom.